The molecule has 1 aliphatic rings. The lowest BCUT2D eigenvalue weighted by Crippen LogP contribution is -2.24. The first-order valence-electron chi connectivity index (χ1n) is 7.22. The largest absolute Gasteiger partial charge is 0.493 e. The molecule has 0 saturated carbocycles. The maximum Gasteiger partial charge on any atom is 0.126 e. The summed E-state index contributed by atoms with van der Waals surface area (Å²) in [6, 6.07) is 7.00. The van der Waals surface area contributed by atoms with Crippen molar-refractivity contribution in [3.05, 3.63) is 47.3 Å². The van der Waals surface area contributed by atoms with E-state index in [9.17, 15) is 0 Å². The molecule has 2 N–H and O–H groups in total. The lowest BCUT2D eigenvalue weighted by Gasteiger charge is -2.23. The molecule has 0 radical (unpaired) electrons. The maximum absolute atomic E-state index is 5.92. The number of aromatic nitrogens is 2. The normalized spacial score (nSPS) is 19.8. The Hall–Kier alpha value is -1.81. The van der Waals surface area contributed by atoms with Crippen LogP contribution < -0.4 is 10.1 Å². The van der Waals surface area contributed by atoms with Crippen LogP contribution >= 0.6 is 0 Å². The van der Waals surface area contributed by atoms with Crippen LogP contribution in [0.5, 0.6) is 5.75 Å². The number of rotatable bonds is 3. The Morgan fingerprint density at radius 3 is 3.15 bits per heavy atom. The Labute approximate surface area is 119 Å². The first-order valence-corrected chi connectivity index (χ1v) is 7.22. The number of para-hydroxylation sites is 1. The van der Waals surface area contributed by atoms with Gasteiger partial charge in [0.05, 0.1) is 12.8 Å². The summed E-state index contributed by atoms with van der Waals surface area (Å²) in [7, 11) is 0. The molecular weight excluding hydrogens is 250 g/mol. The topological polar surface area (TPSA) is 49.9 Å². The summed E-state index contributed by atoms with van der Waals surface area (Å²) in [6.45, 7) is 5.09. The van der Waals surface area contributed by atoms with Crippen LogP contribution in [0.1, 0.15) is 48.5 Å². The van der Waals surface area contributed by atoms with Crippen molar-refractivity contribution < 1.29 is 4.74 Å². The summed E-state index contributed by atoms with van der Waals surface area (Å²) >= 11 is 0. The van der Waals surface area contributed by atoms with Crippen LogP contribution in [-0.2, 0) is 0 Å². The van der Waals surface area contributed by atoms with Crippen LogP contribution in [0.15, 0.2) is 30.6 Å². The van der Waals surface area contributed by atoms with Gasteiger partial charge < -0.3 is 10.1 Å². The number of hydrogen-bond acceptors (Lipinski definition) is 3. The van der Waals surface area contributed by atoms with Gasteiger partial charge in [-0.1, -0.05) is 18.2 Å². The number of aromatic amines is 1. The van der Waals surface area contributed by atoms with Gasteiger partial charge in [-0.15, -0.1) is 0 Å². The van der Waals surface area contributed by atoms with E-state index in [4.69, 9.17) is 4.74 Å². The van der Waals surface area contributed by atoms with Crippen LogP contribution in [0.25, 0.3) is 0 Å². The Morgan fingerprint density at radius 2 is 2.35 bits per heavy atom. The minimum atomic E-state index is 0.269. The summed E-state index contributed by atoms with van der Waals surface area (Å²) in [6.07, 6.45) is 5.99. The number of aryl methyl sites for hydroxylation is 1. The smallest absolute Gasteiger partial charge is 0.126 e. The molecular formula is C16H21N3O. The molecule has 106 valence electrons. The second kappa shape index (κ2) is 5.67. The molecule has 0 aliphatic carbocycles. The third-order valence-corrected chi connectivity index (χ3v) is 3.97. The molecule has 1 aromatic carbocycles. The molecule has 0 fully saturated rings. The number of ether oxygens (including phenoxy) is 1. The third-order valence-electron chi connectivity index (χ3n) is 3.97. The molecule has 2 atom stereocenters. The number of hydrogen-bond donors (Lipinski definition) is 2. The van der Waals surface area contributed by atoms with Gasteiger partial charge in [0.25, 0.3) is 0 Å². The van der Waals surface area contributed by atoms with Crippen molar-refractivity contribution in [1.82, 2.24) is 15.5 Å². The minimum Gasteiger partial charge on any atom is -0.493 e. The van der Waals surface area contributed by atoms with Crippen molar-refractivity contribution in [3.63, 3.8) is 0 Å². The average Bonchev–Trinajstić information content (AvgIpc) is 2.90. The van der Waals surface area contributed by atoms with E-state index in [1.54, 1.807) is 0 Å². The molecule has 0 saturated heterocycles. The molecule has 0 spiro atoms. The Kier molecular flexibility index (Phi) is 3.74. The highest BCUT2D eigenvalue weighted by atomic mass is 16.5. The van der Waals surface area contributed by atoms with Crippen LogP contribution in [0.4, 0.5) is 0 Å². The van der Waals surface area contributed by atoms with Gasteiger partial charge in [-0.05, 0) is 32.3 Å². The van der Waals surface area contributed by atoms with E-state index in [0.717, 1.165) is 25.2 Å². The predicted molar refractivity (Wildman–Crippen MR) is 78.8 cm³/mol. The van der Waals surface area contributed by atoms with Gasteiger partial charge >= 0.3 is 0 Å². The van der Waals surface area contributed by atoms with E-state index in [1.165, 1.54) is 16.7 Å². The van der Waals surface area contributed by atoms with Crippen molar-refractivity contribution in [2.75, 3.05) is 6.61 Å². The summed E-state index contributed by atoms with van der Waals surface area (Å²) in [5.41, 5.74) is 3.68. The van der Waals surface area contributed by atoms with Gasteiger partial charge in [0, 0.05) is 29.4 Å². The Bertz CT molecular complexity index is 565. The van der Waals surface area contributed by atoms with E-state index in [-0.39, 0.29) is 6.04 Å². The molecule has 1 aliphatic heterocycles. The highest BCUT2D eigenvalue weighted by molar-refractivity contribution is 5.43. The Balaban J connectivity index is 1.85. The summed E-state index contributed by atoms with van der Waals surface area (Å²) in [5.74, 6) is 1.06. The number of H-pyrrole nitrogens is 1. The predicted octanol–water partition coefficient (Wildman–Crippen LogP) is 3.28. The molecule has 4 heteroatoms. The first-order chi connectivity index (χ1) is 9.75. The number of nitrogens with zero attached hydrogens (tertiary/aromatic N) is 1. The fraction of sp³-hybridized carbons (Fsp3) is 0.438. The van der Waals surface area contributed by atoms with Gasteiger partial charge in [-0.2, -0.15) is 5.10 Å². The van der Waals surface area contributed by atoms with Gasteiger partial charge in [0.1, 0.15) is 5.75 Å². The van der Waals surface area contributed by atoms with Crippen molar-refractivity contribution >= 4 is 0 Å². The van der Waals surface area contributed by atoms with Gasteiger partial charge in [-0.3, -0.25) is 5.10 Å². The summed E-state index contributed by atoms with van der Waals surface area (Å²) < 4.78 is 5.92. The number of fused-ring (bicyclic) bond motifs is 1. The van der Waals surface area contributed by atoms with E-state index in [1.807, 2.05) is 12.4 Å². The van der Waals surface area contributed by atoms with Crippen molar-refractivity contribution in [1.29, 1.82) is 0 Å². The van der Waals surface area contributed by atoms with Crippen LogP contribution in [-0.4, -0.2) is 16.8 Å². The highest BCUT2D eigenvalue weighted by Crippen LogP contribution is 2.35. The van der Waals surface area contributed by atoms with Crippen LogP contribution in [0.3, 0.4) is 0 Å². The molecule has 1 aromatic heterocycles. The van der Waals surface area contributed by atoms with Crippen molar-refractivity contribution in [2.24, 2.45) is 0 Å². The second-order valence-electron chi connectivity index (χ2n) is 5.46. The van der Waals surface area contributed by atoms with E-state index >= 15 is 0 Å². The van der Waals surface area contributed by atoms with E-state index < -0.39 is 0 Å². The van der Waals surface area contributed by atoms with Gasteiger partial charge in [-0.25, -0.2) is 0 Å². The zero-order chi connectivity index (χ0) is 13.9. The molecule has 0 bridgehead atoms. The summed E-state index contributed by atoms with van der Waals surface area (Å²) in [4.78, 5) is 0. The van der Waals surface area contributed by atoms with Crippen LogP contribution in [0, 0.1) is 6.92 Å². The fourth-order valence-corrected chi connectivity index (χ4v) is 2.83. The number of benzene rings is 1. The standard InChI is InChI=1S/C16H21N3O/c1-11-5-3-6-14-15(7-4-8-20-16(11)14)19-12(2)13-9-17-18-10-13/h3,5-6,9-10,12,15,19H,4,7-8H2,1-2H3,(H,17,18). The molecule has 2 heterocycles. The fourth-order valence-electron chi connectivity index (χ4n) is 2.83. The molecule has 2 unspecified atom stereocenters. The van der Waals surface area contributed by atoms with Crippen molar-refractivity contribution in [2.45, 2.75) is 38.8 Å². The lowest BCUT2D eigenvalue weighted by molar-refractivity contribution is 0.312. The van der Waals surface area contributed by atoms with E-state index in [0.29, 0.717) is 6.04 Å². The van der Waals surface area contributed by atoms with Crippen LogP contribution in [0.2, 0.25) is 0 Å². The molecule has 2 aromatic rings. The van der Waals surface area contributed by atoms with Crippen molar-refractivity contribution in [3.8, 4) is 5.75 Å². The van der Waals surface area contributed by atoms with Gasteiger partial charge in [0.15, 0.2) is 0 Å². The maximum atomic E-state index is 5.92. The van der Waals surface area contributed by atoms with E-state index in [2.05, 4.69) is 47.6 Å². The zero-order valence-electron chi connectivity index (χ0n) is 12.0. The highest BCUT2D eigenvalue weighted by Gasteiger charge is 2.22. The Morgan fingerprint density at radius 1 is 1.45 bits per heavy atom. The molecule has 4 nitrogen and oxygen atoms in total. The molecule has 0 amide bonds. The first kappa shape index (κ1) is 13.2. The summed E-state index contributed by atoms with van der Waals surface area (Å²) in [5, 5.41) is 10.6. The molecule has 20 heavy (non-hydrogen) atoms. The molecule has 3 rings (SSSR count). The lowest BCUT2D eigenvalue weighted by atomic mass is 9.98. The third kappa shape index (κ3) is 2.56. The monoisotopic (exact) mass is 271 g/mol. The number of nitrogens with one attached hydrogen (secondary N) is 2. The average molecular weight is 271 g/mol. The zero-order valence-corrected chi connectivity index (χ0v) is 12.0. The second-order valence-corrected chi connectivity index (χ2v) is 5.46. The SMILES string of the molecule is Cc1cccc2c1OCCCC2NC(C)c1cn[nH]c1. The quantitative estimate of drug-likeness (QED) is 0.900. The van der Waals surface area contributed by atoms with Gasteiger partial charge in [0.2, 0.25) is 0 Å². The minimum absolute atomic E-state index is 0.269.